The maximum absolute atomic E-state index is 8.13. The second-order valence-electron chi connectivity index (χ2n) is 1.72. The number of rotatable bonds is 1. The molecule has 58 valence electrons. The molecule has 0 amide bonds. The molecule has 1 aromatic rings. The van der Waals surface area contributed by atoms with E-state index in [2.05, 4.69) is 15.1 Å². The Morgan fingerprint density at radius 1 is 1.73 bits per heavy atom. The van der Waals surface area contributed by atoms with E-state index in [0.29, 0.717) is 0 Å². The van der Waals surface area contributed by atoms with Gasteiger partial charge in [0.05, 0.1) is 12.4 Å². The van der Waals surface area contributed by atoms with Crippen molar-refractivity contribution in [3.05, 3.63) is 17.0 Å². The van der Waals surface area contributed by atoms with Crippen molar-refractivity contribution in [2.75, 3.05) is 5.73 Å². The number of oxime groups is 1. The Morgan fingerprint density at radius 2 is 2.45 bits per heavy atom. The molecule has 0 radical (unpaired) electrons. The standard InChI is InChI=1S/C5H5ClN4O/c6-5-3(1-9-11)8-2-4(7)10-5/h1-2,11H,(H2,7,10). The molecule has 0 aromatic carbocycles. The highest BCUT2D eigenvalue weighted by atomic mass is 35.5. The molecule has 11 heavy (non-hydrogen) atoms. The number of hydrogen-bond acceptors (Lipinski definition) is 5. The molecular formula is C5H5ClN4O. The molecule has 5 nitrogen and oxygen atoms in total. The summed E-state index contributed by atoms with van der Waals surface area (Å²) in [6.07, 6.45) is 2.40. The average molecular weight is 173 g/mol. The molecule has 0 spiro atoms. The number of aromatic nitrogens is 2. The third-order valence-electron chi connectivity index (χ3n) is 0.955. The van der Waals surface area contributed by atoms with E-state index in [9.17, 15) is 0 Å². The van der Waals surface area contributed by atoms with Gasteiger partial charge in [-0.25, -0.2) is 9.97 Å². The molecular weight excluding hydrogens is 168 g/mol. The lowest BCUT2D eigenvalue weighted by molar-refractivity contribution is 0.321. The fraction of sp³-hybridized carbons (Fsp3) is 0. The number of nitrogens with zero attached hydrogens (tertiary/aromatic N) is 3. The Labute approximate surface area is 67.5 Å². The molecule has 0 unspecified atom stereocenters. The number of hydrogen-bond donors (Lipinski definition) is 2. The van der Waals surface area contributed by atoms with E-state index in [1.807, 2.05) is 0 Å². The Hall–Kier alpha value is -1.36. The van der Waals surface area contributed by atoms with E-state index < -0.39 is 0 Å². The van der Waals surface area contributed by atoms with Gasteiger partial charge in [0.2, 0.25) is 0 Å². The van der Waals surface area contributed by atoms with Crippen LogP contribution >= 0.6 is 11.6 Å². The molecule has 0 fully saturated rings. The fourth-order valence-corrected chi connectivity index (χ4v) is 0.725. The van der Waals surface area contributed by atoms with Crippen LogP contribution in [0.5, 0.6) is 0 Å². The minimum atomic E-state index is 0.114. The zero-order valence-corrected chi connectivity index (χ0v) is 6.15. The van der Waals surface area contributed by atoms with E-state index in [4.69, 9.17) is 22.5 Å². The zero-order valence-electron chi connectivity index (χ0n) is 5.40. The van der Waals surface area contributed by atoms with E-state index in [1.54, 1.807) is 0 Å². The molecule has 0 aliphatic heterocycles. The predicted octanol–water partition coefficient (Wildman–Crippen LogP) is 0.520. The van der Waals surface area contributed by atoms with Crippen LogP contribution in [0.1, 0.15) is 5.69 Å². The highest BCUT2D eigenvalue weighted by molar-refractivity contribution is 6.31. The van der Waals surface area contributed by atoms with Gasteiger partial charge in [-0.15, -0.1) is 0 Å². The Bertz CT molecular complexity index is 288. The van der Waals surface area contributed by atoms with Crippen molar-refractivity contribution in [2.24, 2.45) is 5.16 Å². The van der Waals surface area contributed by atoms with Crippen molar-refractivity contribution in [3.8, 4) is 0 Å². The van der Waals surface area contributed by atoms with E-state index >= 15 is 0 Å². The van der Waals surface area contributed by atoms with Crippen molar-refractivity contribution in [1.29, 1.82) is 0 Å². The summed E-state index contributed by atoms with van der Waals surface area (Å²) >= 11 is 5.55. The molecule has 6 heteroatoms. The largest absolute Gasteiger partial charge is 0.411 e. The van der Waals surface area contributed by atoms with E-state index in [0.717, 1.165) is 6.21 Å². The lowest BCUT2D eigenvalue weighted by atomic mass is 10.5. The molecule has 0 bridgehead atoms. The molecule has 0 saturated carbocycles. The van der Waals surface area contributed by atoms with Crippen LogP contribution in [0.4, 0.5) is 5.82 Å². The minimum Gasteiger partial charge on any atom is -0.411 e. The van der Waals surface area contributed by atoms with Gasteiger partial charge in [0.25, 0.3) is 0 Å². The quantitative estimate of drug-likeness (QED) is 0.368. The van der Waals surface area contributed by atoms with Gasteiger partial charge in [0, 0.05) is 0 Å². The van der Waals surface area contributed by atoms with Crippen molar-refractivity contribution < 1.29 is 5.21 Å². The van der Waals surface area contributed by atoms with E-state index in [1.165, 1.54) is 6.20 Å². The molecule has 3 N–H and O–H groups in total. The number of nitrogens with two attached hydrogens (primary N) is 1. The monoisotopic (exact) mass is 172 g/mol. The second kappa shape index (κ2) is 3.16. The summed E-state index contributed by atoms with van der Waals surface area (Å²) < 4.78 is 0. The summed E-state index contributed by atoms with van der Waals surface area (Å²) in [5.74, 6) is 0.227. The van der Waals surface area contributed by atoms with Gasteiger partial charge in [0.1, 0.15) is 11.5 Å². The van der Waals surface area contributed by atoms with Crippen molar-refractivity contribution >= 4 is 23.6 Å². The Morgan fingerprint density at radius 3 is 3.00 bits per heavy atom. The lowest BCUT2D eigenvalue weighted by Gasteiger charge is -1.94. The van der Waals surface area contributed by atoms with Crippen molar-refractivity contribution in [1.82, 2.24) is 9.97 Å². The van der Waals surface area contributed by atoms with Gasteiger partial charge >= 0.3 is 0 Å². The molecule has 0 aliphatic rings. The van der Waals surface area contributed by atoms with Gasteiger partial charge in [-0.2, -0.15) is 0 Å². The summed E-state index contributed by atoms with van der Waals surface area (Å²) in [5, 5.41) is 11.0. The average Bonchev–Trinajstić information content (AvgIpc) is 1.95. The van der Waals surface area contributed by atoms with Gasteiger partial charge in [-0.1, -0.05) is 16.8 Å². The van der Waals surface area contributed by atoms with Crippen LogP contribution in [0.2, 0.25) is 5.15 Å². The zero-order chi connectivity index (χ0) is 8.27. The van der Waals surface area contributed by atoms with Crippen LogP contribution in [0.3, 0.4) is 0 Å². The Balaban J connectivity index is 3.09. The highest BCUT2D eigenvalue weighted by Gasteiger charge is 1.99. The lowest BCUT2D eigenvalue weighted by Crippen LogP contribution is -1.96. The van der Waals surface area contributed by atoms with Gasteiger partial charge < -0.3 is 10.9 Å². The number of halogens is 1. The smallest absolute Gasteiger partial charge is 0.158 e. The first-order valence-corrected chi connectivity index (χ1v) is 3.07. The van der Waals surface area contributed by atoms with Crippen molar-refractivity contribution in [2.45, 2.75) is 0 Å². The maximum Gasteiger partial charge on any atom is 0.158 e. The second-order valence-corrected chi connectivity index (χ2v) is 2.07. The summed E-state index contributed by atoms with van der Waals surface area (Å²) in [6, 6.07) is 0. The molecule has 0 atom stereocenters. The third-order valence-corrected chi connectivity index (χ3v) is 1.23. The summed E-state index contributed by atoms with van der Waals surface area (Å²) in [6.45, 7) is 0. The van der Waals surface area contributed by atoms with Crippen LogP contribution in [0.15, 0.2) is 11.4 Å². The third kappa shape index (κ3) is 1.78. The number of nitrogen functional groups attached to an aromatic ring is 1. The van der Waals surface area contributed by atoms with Gasteiger partial charge in [-0.3, -0.25) is 0 Å². The van der Waals surface area contributed by atoms with Gasteiger partial charge in [-0.05, 0) is 0 Å². The van der Waals surface area contributed by atoms with Crippen LogP contribution in [0, 0.1) is 0 Å². The predicted molar refractivity (Wildman–Crippen MR) is 40.8 cm³/mol. The first-order valence-electron chi connectivity index (χ1n) is 2.69. The topological polar surface area (TPSA) is 84.4 Å². The summed E-state index contributed by atoms with van der Waals surface area (Å²) in [5.41, 5.74) is 5.54. The highest BCUT2D eigenvalue weighted by Crippen LogP contribution is 2.08. The molecule has 1 rings (SSSR count). The summed E-state index contributed by atoms with van der Waals surface area (Å²) in [7, 11) is 0. The fourth-order valence-electron chi connectivity index (χ4n) is 0.530. The van der Waals surface area contributed by atoms with Gasteiger partial charge in [0.15, 0.2) is 5.15 Å². The Kier molecular flexibility index (Phi) is 2.22. The minimum absolute atomic E-state index is 0.114. The van der Waals surface area contributed by atoms with Crippen LogP contribution in [-0.4, -0.2) is 21.4 Å². The van der Waals surface area contributed by atoms with Crippen LogP contribution < -0.4 is 5.73 Å². The molecule has 0 aliphatic carbocycles. The van der Waals surface area contributed by atoms with Crippen molar-refractivity contribution in [3.63, 3.8) is 0 Å². The SMILES string of the molecule is Nc1cnc(C=NO)c(Cl)n1. The maximum atomic E-state index is 8.13. The molecule has 0 saturated heterocycles. The van der Waals surface area contributed by atoms with Crippen LogP contribution in [0.25, 0.3) is 0 Å². The molecule has 1 aromatic heterocycles. The van der Waals surface area contributed by atoms with E-state index in [-0.39, 0.29) is 16.7 Å². The summed E-state index contributed by atoms with van der Waals surface area (Å²) in [4.78, 5) is 7.41. The first kappa shape index (κ1) is 7.74. The van der Waals surface area contributed by atoms with Crippen LogP contribution in [-0.2, 0) is 0 Å². The number of anilines is 1. The first-order chi connectivity index (χ1) is 5.24. The normalized spacial score (nSPS) is 10.6. The molecule has 1 heterocycles.